The number of hydrogen-bond acceptors (Lipinski definition) is 7. The molecule has 57 heavy (non-hydrogen) atoms. The van der Waals surface area contributed by atoms with E-state index in [0.29, 0.717) is 12.3 Å². The summed E-state index contributed by atoms with van der Waals surface area (Å²) < 4.78 is 42.0. The van der Waals surface area contributed by atoms with Gasteiger partial charge in [0.25, 0.3) is 0 Å². The number of ether oxygens (including phenoxy) is 3. The van der Waals surface area contributed by atoms with Crippen LogP contribution in [0.15, 0.2) is 36.5 Å². The van der Waals surface area contributed by atoms with Gasteiger partial charge in [0.1, 0.15) is 24.4 Å². The van der Waals surface area contributed by atoms with Crippen molar-refractivity contribution in [1.29, 1.82) is 0 Å². The molecular formula is C47H90O7Si3. The Morgan fingerprint density at radius 3 is 1.81 bits per heavy atom. The predicted molar refractivity (Wildman–Crippen MR) is 248 cm³/mol. The molecule has 3 aliphatic rings. The van der Waals surface area contributed by atoms with Crippen LogP contribution in [0.1, 0.15) is 141 Å². The van der Waals surface area contributed by atoms with Gasteiger partial charge >= 0.3 is 0 Å². The van der Waals surface area contributed by atoms with Crippen molar-refractivity contribution in [3.05, 3.63) is 36.5 Å². The monoisotopic (exact) mass is 851 g/mol. The molecule has 3 aliphatic heterocycles. The van der Waals surface area contributed by atoms with E-state index in [-0.39, 0.29) is 51.7 Å². The van der Waals surface area contributed by atoms with E-state index in [0.717, 1.165) is 51.4 Å². The van der Waals surface area contributed by atoms with Crippen molar-refractivity contribution in [2.75, 3.05) is 0 Å². The van der Waals surface area contributed by atoms with E-state index in [2.05, 4.69) is 148 Å². The van der Waals surface area contributed by atoms with Crippen LogP contribution in [0.25, 0.3) is 0 Å². The summed E-state index contributed by atoms with van der Waals surface area (Å²) in [7, 11) is -6.95. The van der Waals surface area contributed by atoms with Crippen molar-refractivity contribution in [2.45, 2.75) is 256 Å². The highest BCUT2D eigenvalue weighted by atomic mass is 28.4. The molecule has 3 rings (SSSR count). The van der Waals surface area contributed by atoms with E-state index in [1.165, 1.54) is 11.1 Å². The van der Waals surface area contributed by atoms with Gasteiger partial charge in [-0.15, -0.1) is 0 Å². The minimum absolute atomic E-state index is 0.00331. The van der Waals surface area contributed by atoms with Crippen LogP contribution in [0.2, 0.25) is 54.4 Å². The lowest BCUT2D eigenvalue weighted by molar-refractivity contribution is -0.228. The summed E-state index contributed by atoms with van der Waals surface area (Å²) >= 11 is 0. The maximum Gasteiger partial charge on any atom is 0.193 e. The first-order valence-electron chi connectivity index (χ1n) is 22.7. The van der Waals surface area contributed by atoms with Gasteiger partial charge in [0, 0.05) is 0 Å². The van der Waals surface area contributed by atoms with Gasteiger partial charge in [-0.1, -0.05) is 108 Å². The van der Waals surface area contributed by atoms with Crippen LogP contribution < -0.4 is 0 Å². The summed E-state index contributed by atoms with van der Waals surface area (Å²) in [6, 6.07) is 0. The largest absolute Gasteiger partial charge is 0.408 e. The van der Waals surface area contributed by atoms with Crippen molar-refractivity contribution in [3.8, 4) is 0 Å². The first kappa shape index (κ1) is 50.9. The third kappa shape index (κ3) is 13.1. The minimum Gasteiger partial charge on any atom is -0.408 e. The highest BCUT2D eigenvalue weighted by molar-refractivity contribution is 6.75. The second-order valence-electron chi connectivity index (χ2n) is 22.5. The van der Waals surface area contributed by atoms with Crippen molar-refractivity contribution in [3.63, 3.8) is 0 Å². The maximum atomic E-state index is 12.0. The predicted octanol–water partition coefficient (Wildman–Crippen LogP) is 12.7. The molecule has 3 saturated heterocycles. The molecule has 0 radical (unpaired) electrons. The van der Waals surface area contributed by atoms with E-state index in [1.54, 1.807) is 0 Å². The van der Waals surface area contributed by atoms with Crippen LogP contribution >= 0.6 is 0 Å². The Morgan fingerprint density at radius 1 is 0.737 bits per heavy atom. The molecule has 0 spiro atoms. The van der Waals surface area contributed by atoms with Gasteiger partial charge in [0.05, 0.1) is 36.6 Å². The van der Waals surface area contributed by atoms with Crippen molar-refractivity contribution in [1.82, 2.24) is 0 Å². The molecule has 0 aromatic heterocycles. The van der Waals surface area contributed by atoms with Crippen LogP contribution in [0.3, 0.4) is 0 Å². The fraction of sp³-hybridized carbons (Fsp3) is 0.872. The van der Waals surface area contributed by atoms with Crippen molar-refractivity contribution >= 4 is 25.0 Å². The van der Waals surface area contributed by atoms with Crippen LogP contribution in [-0.4, -0.2) is 91.1 Å². The zero-order chi connectivity index (χ0) is 43.5. The van der Waals surface area contributed by atoms with Crippen molar-refractivity contribution in [2.24, 2.45) is 5.92 Å². The molecule has 3 unspecified atom stereocenters. The summed E-state index contributed by atoms with van der Waals surface area (Å²) in [5.41, 5.74) is 2.47. The molecule has 0 saturated carbocycles. The van der Waals surface area contributed by atoms with Gasteiger partial charge in [0.15, 0.2) is 25.0 Å². The summed E-state index contributed by atoms with van der Waals surface area (Å²) in [5.74, 6) is 0.506. The standard InChI is InChI=1S/C47H90O7Si3/c1-21-37-34(5)32(3)30-36(49-37)28-29-39-33(4)31-35(50-39)26-24-23-25-27-40(52-55(15,16)45(6,7)8)42-44(54-57(19,20)47(12,13)14)43(41(48)38(22-2)51-42)53-56(17,18)46(9,10)11/h25,27,32,35-44,48H,4-5,21-24,26,28-31H2,1-3,6-20H3/b27-25+/t32-,35+,36+,37-,38?,39+,40+,41+,42+,43?,44?/m1/s1. The number of rotatable bonds is 17. The Labute approximate surface area is 354 Å². The molecule has 0 aromatic rings. The number of aliphatic hydroxyl groups is 1. The minimum atomic E-state index is -2.35. The van der Waals surface area contributed by atoms with Crippen LogP contribution in [0.4, 0.5) is 0 Å². The Morgan fingerprint density at radius 2 is 1.28 bits per heavy atom. The van der Waals surface area contributed by atoms with Gasteiger partial charge in [-0.3, -0.25) is 0 Å². The summed E-state index contributed by atoms with van der Waals surface area (Å²) in [4.78, 5) is 0. The van der Waals surface area contributed by atoms with Gasteiger partial charge in [-0.05, 0) is 129 Å². The topological polar surface area (TPSA) is 75.6 Å². The summed E-state index contributed by atoms with van der Waals surface area (Å²) in [5, 5.41) is 12.0. The van der Waals surface area contributed by atoms with E-state index in [9.17, 15) is 5.11 Å². The van der Waals surface area contributed by atoms with E-state index < -0.39 is 49.4 Å². The average molecular weight is 851 g/mol. The average Bonchev–Trinajstić information content (AvgIpc) is 3.43. The zero-order valence-electron chi connectivity index (χ0n) is 40.2. The first-order valence-corrected chi connectivity index (χ1v) is 31.4. The third-order valence-electron chi connectivity index (χ3n) is 14.8. The SMILES string of the molecule is C=C1C[C@H](CCC/C=C/[C@H](O[Si](C)(C)C(C)(C)C)[C@@H]2OC(CC)[C@H](O)C(O[Si](C)(C)C(C)(C)C)C2O[Si](C)(C)C(C)(C)C)O[C@H]1CC[C@H]1C[C@@H](C)C(=C)[C@@H](CC)O1. The number of allylic oxidation sites excluding steroid dienone is 1. The lowest BCUT2D eigenvalue weighted by Crippen LogP contribution is -2.67. The van der Waals surface area contributed by atoms with Gasteiger partial charge in [0.2, 0.25) is 0 Å². The van der Waals surface area contributed by atoms with Gasteiger partial charge in [-0.25, -0.2) is 0 Å². The molecule has 7 nitrogen and oxygen atoms in total. The smallest absolute Gasteiger partial charge is 0.193 e. The van der Waals surface area contributed by atoms with Crippen LogP contribution in [-0.2, 0) is 27.5 Å². The molecule has 0 amide bonds. The number of unbranched alkanes of at least 4 members (excludes halogenated alkanes) is 1. The molecule has 10 heteroatoms. The summed E-state index contributed by atoms with van der Waals surface area (Å²) in [6.07, 6.45) is 10.8. The summed E-state index contributed by atoms with van der Waals surface area (Å²) in [6.45, 7) is 49.5. The molecular weight excluding hydrogens is 761 g/mol. The third-order valence-corrected chi connectivity index (χ3v) is 28.2. The number of hydrogen-bond donors (Lipinski definition) is 1. The zero-order valence-corrected chi connectivity index (χ0v) is 43.2. The quantitative estimate of drug-likeness (QED) is 0.0887. The van der Waals surface area contributed by atoms with Crippen LogP contribution in [0.5, 0.6) is 0 Å². The molecule has 3 fully saturated rings. The first-order chi connectivity index (χ1) is 26.0. The highest BCUT2D eigenvalue weighted by Gasteiger charge is 2.55. The fourth-order valence-corrected chi connectivity index (χ4v) is 11.5. The lowest BCUT2D eigenvalue weighted by atomic mass is 9.86. The van der Waals surface area contributed by atoms with E-state index in [1.807, 2.05) is 0 Å². The van der Waals surface area contributed by atoms with Gasteiger partial charge < -0.3 is 32.6 Å². The fourth-order valence-electron chi connectivity index (χ4n) is 7.65. The lowest BCUT2D eigenvalue weighted by Gasteiger charge is -2.53. The second kappa shape index (κ2) is 19.7. The Bertz CT molecular complexity index is 1340. The maximum absolute atomic E-state index is 12.0. The molecule has 0 aliphatic carbocycles. The molecule has 3 heterocycles. The molecule has 332 valence electrons. The molecule has 0 bridgehead atoms. The Balaban J connectivity index is 1.84. The normalized spacial score (nSPS) is 32.1. The molecule has 11 atom stereocenters. The van der Waals surface area contributed by atoms with Gasteiger partial charge in [-0.2, -0.15) is 0 Å². The highest BCUT2D eigenvalue weighted by Crippen LogP contribution is 2.46. The number of aliphatic hydroxyl groups excluding tert-OH is 1. The van der Waals surface area contributed by atoms with Crippen LogP contribution in [0, 0.1) is 5.92 Å². The van der Waals surface area contributed by atoms with Crippen molar-refractivity contribution < 1.29 is 32.6 Å². The van der Waals surface area contributed by atoms with E-state index in [4.69, 9.17) is 27.5 Å². The van der Waals surface area contributed by atoms with E-state index >= 15 is 0 Å². The molecule has 1 N–H and O–H groups in total. The Kier molecular flexibility index (Phi) is 17.7. The Hall–Kier alpha value is -0.409. The second-order valence-corrected chi connectivity index (χ2v) is 36.7. The molecule has 0 aromatic carbocycles.